The van der Waals surface area contributed by atoms with E-state index in [1.807, 2.05) is 0 Å². The first-order chi connectivity index (χ1) is 8.08. The topological polar surface area (TPSA) is 42.5 Å². The Morgan fingerprint density at radius 1 is 0.882 bits per heavy atom. The fraction of sp³-hybridized carbons (Fsp3) is 1.00. The third-order valence-electron chi connectivity index (χ3n) is 3.51. The summed E-state index contributed by atoms with van der Waals surface area (Å²) < 4.78 is 11.4. The van der Waals surface area contributed by atoms with Gasteiger partial charge in [-0.15, -0.1) is 0 Å². The van der Waals surface area contributed by atoms with Gasteiger partial charge in [-0.25, -0.2) is 0 Å². The fourth-order valence-corrected chi connectivity index (χ4v) is 2.79. The molecule has 0 aromatic heterocycles. The van der Waals surface area contributed by atoms with E-state index in [0.717, 1.165) is 19.8 Å². The molecule has 2 aliphatic heterocycles. The van der Waals surface area contributed by atoms with Crippen LogP contribution >= 0.6 is 0 Å². The quantitative estimate of drug-likeness (QED) is 0.747. The van der Waals surface area contributed by atoms with E-state index in [2.05, 4.69) is 38.3 Å². The minimum Gasteiger partial charge on any atom is -0.379 e. The van der Waals surface area contributed by atoms with Crippen LogP contribution in [0.25, 0.3) is 0 Å². The van der Waals surface area contributed by atoms with Crippen LogP contribution in [-0.4, -0.2) is 50.1 Å². The van der Waals surface area contributed by atoms with Crippen LogP contribution in [0.2, 0.25) is 0 Å². The molecule has 0 saturated carbocycles. The van der Waals surface area contributed by atoms with Crippen molar-refractivity contribution in [3.8, 4) is 0 Å². The molecule has 4 unspecified atom stereocenters. The lowest BCUT2D eigenvalue weighted by Gasteiger charge is -2.43. The van der Waals surface area contributed by atoms with Crippen molar-refractivity contribution in [2.75, 3.05) is 19.8 Å². The highest BCUT2D eigenvalue weighted by atomic mass is 16.5. The molecular weight excluding hydrogens is 216 g/mol. The van der Waals surface area contributed by atoms with Gasteiger partial charge in [-0.05, 0) is 0 Å². The van der Waals surface area contributed by atoms with Crippen LogP contribution in [0, 0.1) is 5.92 Å². The molecule has 4 heteroatoms. The van der Waals surface area contributed by atoms with Gasteiger partial charge >= 0.3 is 0 Å². The smallest absolute Gasteiger partial charge is 0.0817 e. The summed E-state index contributed by atoms with van der Waals surface area (Å²) in [6.45, 7) is 11.2. The molecule has 4 nitrogen and oxygen atoms in total. The molecule has 2 N–H and O–H groups in total. The van der Waals surface area contributed by atoms with Crippen LogP contribution in [0.1, 0.15) is 27.7 Å². The van der Waals surface area contributed by atoms with Crippen molar-refractivity contribution in [1.82, 2.24) is 10.6 Å². The van der Waals surface area contributed by atoms with Gasteiger partial charge in [0.1, 0.15) is 0 Å². The molecule has 17 heavy (non-hydrogen) atoms. The Morgan fingerprint density at radius 3 is 2.06 bits per heavy atom. The Labute approximate surface area is 104 Å². The maximum atomic E-state index is 5.76. The van der Waals surface area contributed by atoms with Gasteiger partial charge in [0, 0.05) is 24.0 Å². The first-order valence-corrected chi connectivity index (χ1v) is 6.79. The van der Waals surface area contributed by atoms with Gasteiger partial charge in [0.2, 0.25) is 0 Å². The molecule has 2 rings (SSSR count). The predicted molar refractivity (Wildman–Crippen MR) is 68.2 cm³/mol. The third kappa shape index (κ3) is 3.19. The second-order valence-corrected chi connectivity index (χ2v) is 5.85. The van der Waals surface area contributed by atoms with E-state index < -0.39 is 0 Å². The summed E-state index contributed by atoms with van der Waals surface area (Å²) >= 11 is 0. The molecule has 0 bridgehead atoms. The van der Waals surface area contributed by atoms with E-state index in [1.54, 1.807) is 0 Å². The monoisotopic (exact) mass is 242 g/mol. The largest absolute Gasteiger partial charge is 0.379 e. The Balaban J connectivity index is 1.88. The molecule has 2 heterocycles. The van der Waals surface area contributed by atoms with Gasteiger partial charge in [-0.3, -0.25) is 0 Å². The lowest BCUT2D eigenvalue weighted by Crippen LogP contribution is -2.62. The molecule has 2 saturated heterocycles. The maximum Gasteiger partial charge on any atom is 0.0817 e. The molecular formula is C13H26N2O2. The molecule has 0 aliphatic carbocycles. The van der Waals surface area contributed by atoms with E-state index in [-0.39, 0.29) is 0 Å². The fourth-order valence-electron chi connectivity index (χ4n) is 2.79. The second kappa shape index (κ2) is 5.65. The zero-order valence-electron chi connectivity index (χ0n) is 11.4. The zero-order chi connectivity index (χ0) is 12.4. The number of hydrogen-bond donors (Lipinski definition) is 2. The summed E-state index contributed by atoms with van der Waals surface area (Å²) in [4.78, 5) is 0. The normalized spacial score (nSPS) is 37.8. The molecule has 0 spiro atoms. The average molecular weight is 242 g/mol. The van der Waals surface area contributed by atoms with Crippen molar-refractivity contribution in [3.05, 3.63) is 0 Å². The SMILES string of the molecule is CC(C)NC1COCC1C1OCC1NC(C)C. The molecule has 0 aromatic carbocycles. The summed E-state index contributed by atoms with van der Waals surface area (Å²) in [5, 5.41) is 7.15. The Bertz CT molecular complexity index is 246. The number of hydrogen-bond acceptors (Lipinski definition) is 4. The summed E-state index contributed by atoms with van der Waals surface area (Å²) in [6, 6.07) is 1.96. The third-order valence-corrected chi connectivity index (χ3v) is 3.51. The molecule has 0 radical (unpaired) electrons. The highest BCUT2D eigenvalue weighted by Gasteiger charge is 2.44. The van der Waals surface area contributed by atoms with Crippen LogP contribution in [-0.2, 0) is 9.47 Å². The van der Waals surface area contributed by atoms with Crippen molar-refractivity contribution in [2.24, 2.45) is 5.92 Å². The maximum absolute atomic E-state index is 5.76. The second-order valence-electron chi connectivity index (χ2n) is 5.85. The van der Waals surface area contributed by atoms with Crippen molar-refractivity contribution < 1.29 is 9.47 Å². The summed E-state index contributed by atoms with van der Waals surface area (Å²) in [5.41, 5.74) is 0. The molecule has 4 atom stereocenters. The van der Waals surface area contributed by atoms with E-state index in [9.17, 15) is 0 Å². The van der Waals surface area contributed by atoms with Crippen LogP contribution in [0.15, 0.2) is 0 Å². The number of rotatable bonds is 5. The van der Waals surface area contributed by atoms with Gasteiger partial charge in [-0.2, -0.15) is 0 Å². The number of nitrogens with one attached hydrogen (secondary N) is 2. The van der Waals surface area contributed by atoms with Gasteiger partial charge in [0.15, 0.2) is 0 Å². The minimum atomic E-state index is 0.316. The number of ether oxygens (including phenoxy) is 2. The molecule has 2 fully saturated rings. The zero-order valence-corrected chi connectivity index (χ0v) is 11.4. The molecule has 100 valence electrons. The summed E-state index contributed by atoms with van der Waals surface area (Å²) in [5.74, 6) is 0.488. The van der Waals surface area contributed by atoms with Gasteiger partial charge < -0.3 is 20.1 Å². The van der Waals surface area contributed by atoms with Gasteiger partial charge in [0.05, 0.1) is 32.0 Å². The Morgan fingerprint density at radius 2 is 1.53 bits per heavy atom. The first-order valence-electron chi connectivity index (χ1n) is 6.79. The van der Waals surface area contributed by atoms with Crippen molar-refractivity contribution in [3.63, 3.8) is 0 Å². The minimum absolute atomic E-state index is 0.316. The van der Waals surface area contributed by atoms with Crippen LogP contribution in [0.3, 0.4) is 0 Å². The summed E-state index contributed by atoms with van der Waals surface area (Å²) in [7, 11) is 0. The molecule has 0 amide bonds. The van der Waals surface area contributed by atoms with Gasteiger partial charge in [-0.1, -0.05) is 27.7 Å². The van der Waals surface area contributed by atoms with E-state index in [4.69, 9.17) is 9.47 Å². The lowest BCUT2D eigenvalue weighted by atomic mass is 9.88. The van der Waals surface area contributed by atoms with Crippen LogP contribution < -0.4 is 10.6 Å². The van der Waals surface area contributed by atoms with Crippen molar-refractivity contribution in [1.29, 1.82) is 0 Å². The van der Waals surface area contributed by atoms with Crippen molar-refractivity contribution >= 4 is 0 Å². The molecule has 0 aromatic rings. The lowest BCUT2D eigenvalue weighted by molar-refractivity contribution is -0.123. The predicted octanol–water partition coefficient (Wildman–Crippen LogP) is 0.765. The highest BCUT2D eigenvalue weighted by Crippen LogP contribution is 2.28. The average Bonchev–Trinajstić information content (AvgIpc) is 2.60. The Kier molecular flexibility index (Phi) is 4.42. The van der Waals surface area contributed by atoms with Crippen LogP contribution in [0.4, 0.5) is 0 Å². The van der Waals surface area contributed by atoms with E-state index in [1.165, 1.54) is 0 Å². The first kappa shape index (κ1) is 13.3. The standard InChI is InChI=1S/C13H26N2O2/c1-8(2)14-11-6-16-5-10(11)13-12(7-17-13)15-9(3)4/h8-15H,5-7H2,1-4H3. The Hall–Kier alpha value is -0.160. The van der Waals surface area contributed by atoms with E-state index in [0.29, 0.717) is 36.2 Å². The molecule has 2 aliphatic rings. The van der Waals surface area contributed by atoms with Gasteiger partial charge in [0.25, 0.3) is 0 Å². The van der Waals surface area contributed by atoms with E-state index >= 15 is 0 Å². The van der Waals surface area contributed by atoms with Crippen molar-refractivity contribution in [2.45, 2.75) is 58.0 Å². The van der Waals surface area contributed by atoms with Crippen LogP contribution in [0.5, 0.6) is 0 Å². The summed E-state index contributed by atoms with van der Waals surface area (Å²) in [6.07, 6.45) is 0.316. The highest BCUT2D eigenvalue weighted by molar-refractivity contribution is 4.98.